The first-order valence-corrected chi connectivity index (χ1v) is 25.1. The van der Waals surface area contributed by atoms with Gasteiger partial charge in [0.15, 0.2) is 5.78 Å². The highest BCUT2D eigenvalue weighted by Crippen LogP contribution is 2.70. The molecule has 63 heavy (non-hydrogen) atoms. The molecule has 8 aliphatic rings. The lowest BCUT2D eigenvalue weighted by Crippen LogP contribution is -2.63. The van der Waals surface area contributed by atoms with Crippen LogP contribution in [0.25, 0.3) is 0 Å². The van der Waals surface area contributed by atoms with Crippen molar-refractivity contribution in [2.75, 3.05) is 18.5 Å². The molecule has 344 valence electrons. The maximum Gasteiger partial charge on any atom is 0.303 e. The molecule has 16 atom stereocenters. The summed E-state index contributed by atoms with van der Waals surface area (Å²) in [5, 5.41) is 57.7. The first-order chi connectivity index (χ1) is 29.9. The van der Waals surface area contributed by atoms with Gasteiger partial charge in [-0.1, -0.05) is 51.3 Å². The quantitative estimate of drug-likeness (QED) is 0.147. The summed E-state index contributed by atoms with van der Waals surface area (Å²) in [5.74, 6) is 8.03. The second-order valence-corrected chi connectivity index (χ2v) is 23.3. The predicted octanol–water partition coefficient (Wildman–Crippen LogP) is 9.39. The van der Waals surface area contributed by atoms with Gasteiger partial charge in [0.25, 0.3) is 0 Å². The topological polar surface area (TPSA) is 139 Å². The maximum atomic E-state index is 12.5. The number of carbonyl (C=O) groups excluding carboxylic acids is 1. The highest BCUT2D eigenvalue weighted by atomic mass is 16.4. The van der Waals surface area contributed by atoms with Gasteiger partial charge in [-0.2, -0.15) is 0 Å². The lowest BCUT2D eigenvalue weighted by molar-refractivity contribution is -0.216. The third-order valence-corrected chi connectivity index (χ3v) is 20.6. The van der Waals surface area contributed by atoms with Crippen molar-refractivity contribution < 1.29 is 35.1 Å². The fourth-order valence-corrected chi connectivity index (χ4v) is 17.1. The number of hydrogen-bond donors (Lipinski definition) is 5. The van der Waals surface area contributed by atoms with Gasteiger partial charge in [-0.15, -0.1) is 5.92 Å². The highest BCUT2D eigenvalue weighted by Gasteiger charge is 2.67. The summed E-state index contributed by atoms with van der Waals surface area (Å²) >= 11 is 0. The van der Waals surface area contributed by atoms with Crippen molar-refractivity contribution in [3.05, 3.63) is 52.6 Å². The molecule has 0 heterocycles. The minimum absolute atomic E-state index is 0.0405. The van der Waals surface area contributed by atoms with Gasteiger partial charge in [0, 0.05) is 43.5 Å². The van der Waals surface area contributed by atoms with Crippen LogP contribution in [0.5, 0.6) is 0 Å². The smallest absolute Gasteiger partial charge is 0.303 e. The van der Waals surface area contributed by atoms with E-state index in [4.69, 9.17) is 0 Å². The summed E-state index contributed by atoms with van der Waals surface area (Å²) in [6.45, 7) is 11.8. The van der Waals surface area contributed by atoms with Crippen LogP contribution in [-0.2, 0) is 9.59 Å². The molecule has 8 heteroatoms. The molecule has 0 radical (unpaired) electrons. The lowest BCUT2D eigenvalue weighted by Gasteiger charge is -2.64. The van der Waals surface area contributed by atoms with Crippen LogP contribution in [0.1, 0.15) is 162 Å². The van der Waals surface area contributed by atoms with E-state index in [1.165, 1.54) is 22.3 Å². The normalized spacial score (nSPS) is 44.4. The Kier molecular flexibility index (Phi) is 11.8. The van der Waals surface area contributed by atoms with E-state index in [1.807, 2.05) is 13.0 Å². The molecule has 8 nitrogen and oxygen atoms in total. The van der Waals surface area contributed by atoms with Crippen LogP contribution in [-0.4, -0.2) is 74.3 Å². The Morgan fingerprint density at radius 3 is 2.41 bits per heavy atom. The molecule has 0 bridgehead atoms. The molecule has 0 amide bonds. The summed E-state index contributed by atoms with van der Waals surface area (Å²) in [6, 6.07) is 9.08. The molecule has 1 aromatic carbocycles. The molecule has 9 rings (SSSR count). The van der Waals surface area contributed by atoms with Gasteiger partial charge >= 0.3 is 5.97 Å². The molecular formula is C55H77NO7. The minimum Gasteiger partial charge on any atom is -0.481 e. The molecule has 1 aromatic rings. The van der Waals surface area contributed by atoms with Crippen molar-refractivity contribution in [2.45, 2.75) is 180 Å². The van der Waals surface area contributed by atoms with Gasteiger partial charge in [0.1, 0.15) is 5.60 Å². The van der Waals surface area contributed by atoms with Crippen molar-refractivity contribution in [1.82, 2.24) is 0 Å². The summed E-state index contributed by atoms with van der Waals surface area (Å²) in [6.07, 6.45) is 15.0. The summed E-state index contributed by atoms with van der Waals surface area (Å²) in [4.78, 5) is 26.2. The zero-order valence-corrected chi connectivity index (χ0v) is 39.2. The molecule has 6 saturated carbocycles. The maximum absolute atomic E-state index is 12.5. The third-order valence-electron chi connectivity index (χ3n) is 20.6. The van der Waals surface area contributed by atoms with Crippen molar-refractivity contribution >= 4 is 17.4 Å². The number of benzene rings is 1. The van der Waals surface area contributed by atoms with E-state index < -0.39 is 29.4 Å². The Balaban J connectivity index is 0.857. The van der Waals surface area contributed by atoms with E-state index in [2.05, 4.69) is 75.7 Å². The van der Waals surface area contributed by atoms with Crippen molar-refractivity contribution in [3.63, 3.8) is 0 Å². The fourth-order valence-electron chi connectivity index (χ4n) is 17.1. The van der Waals surface area contributed by atoms with E-state index in [0.29, 0.717) is 56.8 Å². The number of aliphatic hydroxyl groups is 4. The molecule has 8 aliphatic carbocycles. The number of rotatable bonds is 10. The summed E-state index contributed by atoms with van der Waals surface area (Å²) < 4.78 is 0. The molecule has 0 aromatic heterocycles. The van der Waals surface area contributed by atoms with Crippen LogP contribution < -0.4 is 4.90 Å². The summed E-state index contributed by atoms with van der Waals surface area (Å²) in [5.41, 5.74) is 4.18. The number of anilines is 1. The monoisotopic (exact) mass is 864 g/mol. The van der Waals surface area contributed by atoms with E-state index in [1.54, 1.807) is 0 Å². The first kappa shape index (κ1) is 45.2. The van der Waals surface area contributed by atoms with Gasteiger partial charge in [-0.25, -0.2) is 0 Å². The number of carboxylic acids is 1. The Morgan fingerprint density at radius 2 is 1.68 bits per heavy atom. The van der Waals surface area contributed by atoms with Crippen LogP contribution in [0, 0.1) is 75.4 Å². The number of allylic oxidation sites excluding steroid dienone is 4. The number of carboxylic acid groups (broad SMARTS) is 1. The van der Waals surface area contributed by atoms with E-state index >= 15 is 0 Å². The second kappa shape index (κ2) is 16.4. The SMILES string of the molecule is CC#C[C@]1(O)CC[C@H]2[C@@H]3CCC4=CC(=O)CCC4=C3[C@@H](c3ccc(N(C)CCC[C@@]4(O)CC[C@@]5(C)[C@H](C[C@@H](O)[C@@H]6[C@@H]5C[C@H](O)[C@]5(C)[C@@H]([C@H](C)CCC(=O)O)CC[C@@H]65)C4)cc3)C[C@@]21C. The van der Waals surface area contributed by atoms with Crippen LogP contribution in [0.15, 0.2) is 47.1 Å². The fraction of sp³-hybridized carbons (Fsp3) is 0.745. The zero-order chi connectivity index (χ0) is 44.9. The van der Waals surface area contributed by atoms with Crippen molar-refractivity contribution in [2.24, 2.45) is 63.6 Å². The van der Waals surface area contributed by atoms with Crippen molar-refractivity contribution in [3.8, 4) is 11.8 Å². The van der Waals surface area contributed by atoms with Gasteiger partial charge < -0.3 is 30.4 Å². The molecule has 0 spiro atoms. The van der Waals surface area contributed by atoms with E-state index in [-0.39, 0.29) is 69.9 Å². The average molecular weight is 864 g/mol. The summed E-state index contributed by atoms with van der Waals surface area (Å²) in [7, 11) is 2.14. The average Bonchev–Trinajstić information content (AvgIpc) is 3.74. The van der Waals surface area contributed by atoms with Crippen LogP contribution in [0.4, 0.5) is 5.69 Å². The zero-order valence-electron chi connectivity index (χ0n) is 39.2. The molecular weight excluding hydrogens is 787 g/mol. The number of carbonyl (C=O) groups is 2. The Labute approximate surface area is 377 Å². The number of fused-ring (bicyclic) bond motifs is 9. The standard InChI is InChI=1S/C55H77NO7/c1-7-22-55(63)24-21-43-40-16-12-35-28-38(57)15-17-39(35)49(40)41(32-52(43,55)4)34-10-13-37(14-11-34)56(6)27-8-23-54(62)26-25-51(3)36(31-54)29-46(58)50-44-19-18-42(33(2)9-20-48(60)61)53(44,5)47(59)30-45(50)51/h10-11,13-14,28,33,36,40-47,50,58-59,62-63H,8-9,12,15-21,23-27,29-32H2,1-6H3,(H,60,61)/t33-,36-,40+,41-,42-,43+,44+,45+,46-,47+,50+,51+,52+,53-,54-,55+/m1/s1. The number of nitrogens with zero attached hydrogens (tertiary/aromatic N) is 1. The largest absolute Gasteiger partial charge is 0.481 e. The van der Waals surface area contributed by atoms with Gasteiger partial charge in [-0.05, 0) is 203 Å². The minimum atomic E-state index is -0.995. The molecule has 6 fully saturated rings. The first-order valence-electron chi connectivity index (χ1n) is 25.1. The van der Waals surface area contributed by atoms with Gasteiger partial charge in [-0.3, -0.25) is 9.59 Å². The predicted molar refractivity (Wildman–Crippen MR) is 247 cm³/mol. The van der Waals surface area contributed by atoms with Crippen LogP contribution in [0.2, 0.25) is 0 Å². The second-order valence-electron chi connectivity index (χ2n) is 23.3. The Bertz CT molecular complexity index is 2080. The number of hydrogen-bond acceptors (Lipinski definition) is 7. The highest BCUT2D eigenvalue weighted by molar-refractivity contribution is 5.93. The van der Waals surface area contributed by atoms with E-state index in [9.17, 15) is 35.1 Å². The number of aliphatic carboxylic acids is 1. The molecule has 0 aliphatic heterocycles. The molecule has 5 N–H and O–H groups in total. The van der Waals surface area contributed by atoms with E-state index in [0.717, 1.165) is 76.4 Å². The number of aliphatic hydroxyl groups excluding tert-OH is 2. The van der Waals surface area contributed by atoms with Gasteiger partial charge in [0.05, 0.1) is 17.8 Å². The Morgan fingerprint density at radius 1 is 0.921 bits per heavy atom. The van der Waals surface area contributed by atoms with Crippen molar-refractivity contribution in [1.29, 1.82) is 0 Å². The molecule has 0 saturated heterocycles. The van der Waals surface area contributed by atoms with Crippen LogP contribution in [0.3, 0.4) is 0 Å². The van der Waals surface area contributed by atoms with Crippen LogP contribution >= 0.6 is 0 Å². The number of ketones is 1. The Hall–Kier alpha value is -2.96. The lowest BCUT2D eigenvalue weighted by atomic mass is 9.42. The van der Waals surface area contributed by atoms with Gasteiger partial charge in [0.2, 0.25) is 0 Å². The molecule has 0 unspecified atom stereocenters. The third kappa shape index (κ3) is 7.32.